The van der Waals surface area contributed by atoms with Crippen LogP contribution in [0.15, 0.2) is 0 Å². The van der Waals surface area contributed by atoms with Crippen molar-refractivity contribution in [1.82, 2.24) is 5.32 Å². The van der Waals surface area contributed by atoms with Crippen molar-refractivity contribution in [3.8, 4) is 0 Å². The number of rotatable bonds is 9. The number of hydrogen-bond acceptors (Lipinski definition) is 3. The monoisotopic (exact) mass is 249 g/mol. The molecule has 0 aliphatic rings. The van der Waals surface area contributed by atoms with E-state index >= 15 is 0 Å². The van der Waals surface area contributed by atoms with Crippen LogP contribution in [0.1, 0.15) is 52.4 Å². The van der Waals surface area contributed by atoms with Gasteiger partial charge in [0.15, 0.2) is 0 Å². The first-order chi connectivity index (χ1) is 7.20. The van der Waals surface area contributed by atoms with Gasteiger partial charge in [0.2, 0.25) is 5.91 Å². The van der Waals surface area contributed by atoms with Crippen molar-refractivity contribution in [3.63, 3.8) is 0 Å². The Bertz CT molecular complexity index is 165. The van der Waals surface area contributed by atoms with Gasteiger partial charge in [0.05, 0.1) is 0 Å². The van der Waals surface area contributed by atoms with Crippen molar-refractivity contribution in [2.75, 3.05) is 6.54 Å². The molecule has 1 N–H and O–H groups in total. The Kier molecular flexibility index (Phi) is 10.8. The summed E-state index contributed by atoms with van der Waals surface area (Å²) in [5.41, 5.74) is 0. The highest BCUT2D eigenvalue weighted by molar-refractivity contribution is 8.68. The zero-order chi connectivity index (χ0) is 11.5. The summed E-state index contributed by atoms with van der Waals surface area (Å²) in [6, 6.07) is 0. The van der Waals surface area contributed by atoms with Gasteiger partial charge in [0.1, 0.15) is 0 Å². The highest BCUT2D eigenvalue weighted by atomic mass is 33.1. The average Bonchev–Trinajstić information content (AvgIpc) is 2.25. The molecule has 0 rings (SSSR count). The van der Waals surface area contributed by atoms with E-state index in [-0.39, 0.29) is 5.91 Å². The molecule has 15 heavy (non-hydrogen) atoms. The van der Waals surface area contributed by atoms with E-state index in [2.05, 4.69) is 30.8 Å². The fourth-order valence-electron chi connectivity index (χ4n) is 1.26. The first kappa shape index (κ1) is 15.2. The van der Waals surface area contributed by atoms with Crippen LogP contribution in [0.4, 0.5) is 0 Å². The van der Waals surface area contributed by atoms with E-state index in [0.29, 0.717) is 11.7 Å². The molecule has 0 aliphatic heterocycles. The molecular formula is C11H23NOS2. The van der Waals surface area contributed by atoms with Crippen molar-refractivity contribution >= 4 is 28.4 Å². The molecule has 0 aliphatic carbocycles. The summed E-state index contributed by atoms with van der Waals surface area (Å²) >= 11 is 4.11. The van der Waals surface area contributed by atoms with Gasteiger partial charge in [-0.2, -0.15) is 0 Å². The number of carbonyl (C=O) groups is 1. The predicted octanol–water partition coefficient (Wildman–Crippen LogP) is 3.43. The molecule has 1 atom stereocenters. The molecule has 0 heterocycles. The summed E-state index contributed by atoms with van der Waals surface area (Å²) in [5, 5.41) is 3.41. The van der Waals surface area contributed by atoms with Crippen LogP contribution in [0, 0.1) is 0 Å². The van der Waals surface area contributed by atoms with Crippen LogP contribution >= 0.6 is 22.5 Å². The Hall–Kier alpha value is 0.170. The van der Waals surface area contributed by atoms with Gasteiger partial charge in [0, 0.05) is 18.2 Å². The van der Waals surface area contributed by atoms with Crippen LogP contribution in [0.2, 0.25) is 0 Å². The third-order valence-corrected chi connectivity index (χ3v) is 3.99. The van der Waals surface area contributed by atoms with E-state index in [0.717, 1.165) is 19.4 Å². The maximum Gasteiger partial charge on any atom is 0.220 e. The molecule has 0 saturated carbocycles. The number of thiol groups is 1. The minimum atomic E-state index is 0.181. The van der Waals surface area contributed by atoms with Gasteiger partial charge in [-0.3, -0.25) is 4.79 Å². The van der Waals surface area contributed by atoms with Crippen molar-refractivity contribution in [1.29, 1.82) is 0 Å². The zero-order valence-corrected chi connectivity index (χ0v) is 11.5. The normalized spacial score (nSPS) is 12.5. The molecular weight excluding hydrogens is 226 g/mol. The van der Waals surface area contributed by atoms with E-state index in [4.69, 9.17) is 0 Å². The van der Waals surface area contributed by atoms with Gasteiger partial charge in [-0.1, -0.05) is 43.9 Å². The van der Waals surface area contributed by atoms with Gasteiger partial charge in [-0.15, -0.1) is 11.7 Å². The second kappa shape index (κ2) is 10.7. The topological polar surface area (TPSA) is 29.1 Å². The maximum atomic E-state index is 11.4. The van der Waals surface area contributed by atoms with Gasteiger partial charge in [-0.05, 0) is 12.8 Å². The summed E-state index contributed by atoms with van der Waals surface area (Å²) in [7, 11) is 1.52. The van der Waals surface area contributed by atoms with Crippen molar-refractivity contribution in [2.24, 2.45) is 0 Å². The number of unbranched alkanes of at least 4 members (excludes halogenated alkanes) is 3. The molecule has 0 saturated heterocycles. The Labute approximate surface area is 103 Å². The lowest BCUT2D eigenvalue weighted by Crippen LogP contribution is -2.24. The molecule has 0 bridgehead atoms. The van der Waals surface area contributed by atoms with Crippen LogP contribution in [0.5, 0.6) is 0 Å². The summed E-state index contributed by atoms with van der Waals surface area (Å²) in [4.78, 5) is 11.4. The molecule has 0 radical (unpaired) electrons. The van der Waals surface area contributed by atoms with E-state index in [1.165, 1.54) is 30.1 Å². The fraction of sp³-hybridized carbons (Fsp3) is 0.909. The molecule has 0 spiro atoms. The van der Waals surface area contributed by atoms with Crippen LogP contribution in [0.25, 0.3) is 0 Å². The second-order valence-corrected chi connectivity index (χ2v) is 5.51. The predicted molar refractivity (Wildman–Crippen MR) is 72.4 cm³/mol. The Morgan fingerprint density at radius 3 is 2.73 bits per heavy atom. The third kappa shape index (κ3) is 10.5. The minimum Gasteiger partial charge on any atom is -0.356 e. The van der Waals surface area contributed by atoms with Crippen LogP contribution in [0.3, 0.4) is 0 Å². The van der Waals surface area contributed by atoms with Crippen LogP contribution in [-0.2, 0) is 4.79 Å². The van der Waals surface area contributed by atoms with E-state index in [1.807, 2.05) is 0 Å². The SMILES string of the molecule is CCCCCCNC(=O)CCC(C)SS. The lowest BCUT2D eigenvalue weighted by atomic mass is 10.2. The molecule has 0 fully saturated rings. The molecule has 4 heteroatoms. The smallest absolute Gasteiger partial charge is 0.220 e. The fourth-order valence-corrected chi connectivity index (χ4v) is 1.79. The highest BCUT2D eigenvalue weighted by Gasteiger charge is 2.04. The quantitative estimate of drug-likeness (QED) is 0.372. The minimum absolute atomic E-state index is 0.181. The Morgan fingerprint density at radius 1 is 1.40 bits per heavy atom. The van der Waals surface area contributed by atoms with Crippen molar-refractivity contribution < 1.29 is 4.79 Å². The van der Waals surface area contributed by atoms with Crippen molar-refractivity contribution in [2.45, 2.75) is 57.6 Å². The van der Waals surface area contributed by atoms with Gasteiger partial charge < -0.3 is 5.32 Å². The molecule has 0 aromatic rings. The molecule has 1 amide bonds. The second-order valence-electron chi connectivity index (χ2n) is 3.87. The summed E-state index contributed by atoms with van der Waals surface area (Å²) < 4.78 is 0. The highest BCUT2D eigenvalue weighted by Crippen LogP contribution is 2.18. The number of hydrogen-bond donors (Lipinski definition) is 2. The first-order valence-corrected chi connectivity index (χ1v) is 7.70. The van der Waals surface area contributed by atoms with Crippen LogP contribution < -0.4 is 5.32 Å². The molecule has 1 unspecified atom stereocenters. The Morgan fingerprint density at radius 2 is 2.13 bits per heavy atom. The Balaban J connectivity index is 3.26. The zero-order valence-electron chi connectivity index (χ0n) is 9.79. The van der Waals surface area contributed by atoms with Crippen molar-refractivity contribution in [3.05, 3.63) is 0 Å². The van der Waals surface area contributed by atoms with E-state index in [9.17, 15) is 4.79 Å². The lowest BCUT2D eigenvalue weighted by molar-refractivity contribution is -0.121. The summed E-state index contributed by atoms with van der Waals surface area (Å²) in [6.07, 6.45) is 6.38. The largest absolute Gasteiger partial charge is 0.356 e. The lowest BCUT2D eigenvalue weighted by Gasteiger charge is -2.07. The maximum absolute atomic E-state index is 11.4. The third-order valence-electron chi connectivity index (χ3n) is 2.31. The molecule has 0 aromatic heterocycles. The van der Waals surface area contributed by atoms with Gasteiger partial charge >= 0.3 is 0 Å². The summed E-state index contributed by atoms with van der Waals surface area (Å²) in [6.45, 7) is 5.11. The van der Waals surface area contributed by atoms with Gasteiger partial charge in [0.25, 0.3) is 0 Å². The van der Waals surface area contributed by atoms with E-state index in [1.54, 1.807) is 0 Å². The molecule has 2 nitrogen and oxygen atoms in total. The summed E-state index contributed by atoms with van der Waals surface area (Å²) in [5.74, 6) is 0.181. The number of carbonyl (C=O) groups excluding carboxylic acids is 1. The molecule has 90 valence electrons. The average molecular weight is 249 g/mol. The molecule has 0 aromatic carbocycles. The number of amides is 1. The van der Waals surface area contributed by atoms with Crippen LogP contribution in [-0.4, -0.2) is 17.7 Å². The number of nitrogens with one attached hydrogen (secondary N) is 1. The first-order valence-electron chi connectivity index (χ1n) is 5.77. The van der Waals surface area contributed by atoms with Gasteiger partial charge in [-0.25, -0.2) is 0 Å². The van der Waals surface area contributed by atoms with E-state index < -0.39 is 0 Å². The standard InChI is InChI=1S/C11H23NOS2/c1-3-4-5-6-9-12-11(13)8-7-10(2)15-14/h10,14H,3-9H2,1-2H3,(H,12,13).